The van der Waals surface area contributed by atoms with Gasteiger partial charge < -0.3 is 5.32 Å². The van der Waals surface area contributed by atoms with Gasteiger partial charge >= 0.3 is 6.18 Å². The lowest BCUT2D eigenvalue weighted by Gasteiger charge is -2.07. The summed E-state index contributed by atoms with van der Waals surface area (Å²) in [7, 11) is 0. The van der Waals surface area contributed by atoms with Crippen LogP contribution in [0.15, 0.2) is 73.1 Å². The van der Waals surface area contributed by atoms with Crippen LogP contribution < -0.4 is 5.32 Å². The number of rotatable bonds is 5. The third-order valence-corrected chi connectivity index (χ3v) is 3.77. The van der Waals surface area contributed by atoms with Crippen molar-refractivity contribution in [2.24, 2.45) is 0 Å². The molecule has 0 aliphatic heterocycles. The molecule has 1 N–H and O–H groups in total. The quantitative estimate of drug-likeness (QED) is 0.666. The van der Waals surface area contributed by atoms with Gasteiger partial charge in [0, 0.05) is 24.2 Å². The van der Waals surface area contributed by atoms with Crippen molar-refractivity contribution in [1.29, 1.82) is 0 Å². The minimum Gasteiger partial charge on any atom is -0.323 e. The molecule has 0 saturated heterocycles. The number of carbonyl (C=O) groups is 1. The SMILES string of the molecule is O=C(C=Cc1cccc(C(F)(F)F)c1)Nc1ccc(Cn2cccn2)cc1. The van der Waals surface area contributed by atoms with Crippen molar-refractivity contribution < 1.29 is 18.0 Å². The first kappa shape index (κ1) is 18.4. The summed E-state index contributed by atoms with van der Waals surface area (Å²) in [5, 5.41) is 6.80. The van der Waals surface area contributed by atoms with E-state index in [0.29, 0.717) is 17.8 Å². The molecule has 3 aromatic rings. The van der Waals surface area contributed by atoms with Crippen molar-refractivity contribution in [1.82, 2.24) is 9.78 Å². The maximum absolute atomic E-state index is 12.7. The first-order valence-corrected chi connectivity index (χ1v) is 8.13. The van der Waals surface area contributed by atoms with E-state index in [2.05, 4.69) is 10.4 Å². The minimum absolute atomic E-state index is 0.301. The molecule has 1 amide bonds. The first-order valence-electron chi connectivity index (χ1n) is 8.13. The van der Waals surface area contributed by atoms with E-state index in [4.69, 9.17) is 0 Å². The van der Waals surface area contributed by atoms with Gasteiger partial charge in [-0.05, 0) is 47.5 Å². The van der Waals surface area contributed by atoms with Crippen LogP contribution in [0.2, 0.25) is 0 Å². The van der Waals surface area contributed by atoms with Gasteiger partial charge in [-0.3, -0.25) is 9.48 Å². The molecule has 7 heteroatoms. The highest BCUT2D eigenvalue weighted by molar-refractivity contribution is 6.01. The van der Waals surface area contributed by atoms with Crippen LogP contribution in [-0.2, 0) is 17.5 Å². The number of anilines is 1. The number of halogens is 3. The van der Waals surface area contributed by atoms with Crippen molar-refractivity contribution in [2.75, 3.05) is 5.32 Å². The summed E-state index contributed by atoms with van der Waals surface area (Å²) in [5.41, 5.74) is 1.17. The molecular formula is C20H16F3N3O. The van der Waals surface area contributed by atoms with Crippen LogP contribution in [0.5, 0.6) is 0 Å². The van der Waals surface area contributed by atoms with Gasteiger partial charge in [-0.2, -0.15) is 18.3 Å². The van der Waals surface area contributed by atoms with E-state index in [1.807, 2.05) is 24.4 Å². The fourth-order valence-electron chi connectivity index (χ4n) is 2.45. The fraction of sp³-hybridized carbons (Fsp3) is 0.100. The molecule has 0 spiro atoms. The smallest absolute Gasteiger partial charge is 0.323 e. The largest absolute Gasteiger partial charge is 0.416 e. The minimum atomic E-state index is -4.41. The number of carbonyl (C=O) groups excluding carboxylic acids is 1. The predicted octanol–water partition coefficient (Wildman–Crippen LogP) is 4.60. The second kappa shape index (κ2) is 7.90. The van der Waals surface area contributed by atoms with Crippen LogP contribution in [0.4, 0.5) is 18.9 Å². The molecule has 0 bridgehead atoms. The Labute approximate surface area is 153 Å². The van der Waals surface area contributed by atoms with Crippen LogP contribution in [0.25, 0.3) is 6.08 Å². The van der Waals surface area contributed by atoms with Crippen molar-refractivity contribution >= 4 is 17.7 Å². The highest BCUT2D eigenvalue weighted by atomic mass is 19.4. The Morgan fingerprint density at radius 2 is 1.89 bits per heavy atom. The summed E-state index contributed by atoms with van der Waals surface area (Å²) in [4.78, 5) is 12.0. The molecule has 0 aliphatic rings. The maximum Gasteiger partial charge on any atom is 0.416 e. The zero-order valence-corrected chi connectivity index (χ0v) is 14.1. The average molecular weight is 371 g/mol. The standard InChI is InChI=1S/C20H16F3N3O/c21-20(22,23)17-4-1-3-15(13-17)7-10-19(27)25-18-8-5-16(6-9-18)14-26-12-2-11-24-26/h1-13H,14H2,(H,25,27). The van der Waals surface area contributed by atoms with E-state index < -0.39 is 17.6 Å². The summed E-state index contributed by atoms with van der Waals surface area (Å²) in [6.07, 6.45) is 1.69. The normalized spacial score (nSPS) is 11.7. The van der Waals surface area contributed by atoms with Gasteiger partial charge in [0.1, 0.15) is 0 Å². The molecule has 4 nitrogen and oxygen atoms in total. The summed E-state index contributed by atoms with van der Waals surface area (Å²) in [5.74, 6) is -0.424. The van der Waals surface area contributed by atoms with Gasteiger partial charge in [-0.15, -0.1) is 0 Å². The lowest BCUT2D eigenvalue weighted by molar-refractivity contribution is -0.137. The lowest BCUT2D eigenvalue weighted by Crippen LogP contribution is -2.08. The number of alkyl halides is 3. The fourth-order valence-corrected chi connectivity index (χ4v) is 2.45. The zero-order chi connectivity index (χ0) is 19.3. The van der Waals surface area contributed by atoms with Gasteiger partial charge in [0.2, 0.25) is 5.91 Å². The van der Waals surface area contributed by atoms with Crippen LogP contribution in [0, 0.1) is 0 Å². The summed E-state index contributed by atoms with van der Waals surface area (Å²) in [6, 6.07) is 13.9. The number of nitrogens with one attached hydrogen (secondary N) is 1. The Morgan fingerprint density at radius 3 is 2.56 bits per heavy atom. The second-order valence-electron chi connectivity index (χ2n) is 5.85. The number of hydrogen-bond acceptors (Lipinski definition) is 2. The third-order valence-electron chi connectivity index (χ3n) is 3.77. The third kappa shape index (κ3) is 5.31. The second-order valence-corrected chi connectivity index (χ2v) is 5.85. The molecule has 2 aromatic carbocycles. The summed E-state index contributed by atoms with van der Waals surface area (Å²) < 4.78 is 39.9. The monoisotopic (exact) mass is 371 g/mol. The van der Waals surface area contributed by atoms with Crippen molar-refractivity contribution in [3.05, 3.63) is 89.8 Å². The molecule has 1 heterocycles. The highest BCUT2D eigenvalue weighted by Crippen LogP contribution is 2.29. The van der Waals surface area contributed by atoms with E-state index in [1.54, 1.807) is 23.0 Å². The summed E-state index contributed by atoms with van der Waals surface area (Å²) >= 11 is 0. The van der Waals surface area contributed by atoms with E-state index >= 15 is 0 Å². The Hall–Kier alpha value is -3.35. The molecule has 0 aliphatic carbocycles. The molecule has 0 unspecified atom stereocenters. The van der Waals surface area contributed by atoms with E-state index in [0.717, 1.165) is 17.7 Å². The lowest BCUT2D eigenvalue weighted by atomic mass is 10.1. The van der Waals surface area contributed by atoms with Gasteiger partial charge in [0.15, 0.2) is 0 Å². The predicted molar refractivity (Wildman–Crippen MR) is 96.9 cm³/mol. The molecule has 3 rings (SSSR count). The average Bonchev–Trinajstić information content (AvgIpc) is 3.14. The zero-order valence-electron chi connectivity index (χ0n) is 14.1. The molecule has 0 saturated carbocycles. The van der Waals surface area contributed by atoms with Gasteiger partial charge in [-0.1, -0.05) is 24.3 Å². The molecular weight excluding hydrogens is 355 g/mol. The molecule has 0 fully saturated rings. The van der Waals surface area contributed by atoms with Crippen molar-refractivity contribution in [3.63, 3.8) is 0 Å². The Balaban J connectivity index is 1.60. The van der Waals surface area contributed by atoms with Crippen LogP contribution >= 0.6 is 0 Å². The van der Waals surface area contributed by atoms with Crippen LogP contribution in [0.3, 0.4) is 0 Å². The maximum atomic E-state index is 12.7. The van der Waals surface area contributed by atoms with E-state index in [1.165, 1.54) is 24.3 Å². The van der Waals surface area contributed by atoms with Crippen molar-refractivity contribution in [3.8, 4) is 0 Å². The van der Waals surface area contributed by atoms with Gasteiger partial charge in [-0.25, -0.2) is 0 Å². The van der Waals surface area contributed by atoms with Crippen LogP contribution in [-0.4, -0.2) is 15.7 Å². The van der Waals surface area contributed by atoms with Crippen molar-refractivity contribution in [2.45, 2.75) is 12.7 Å². The van der Waals surface area contributed by atoms with Gasteiger partial charge in [0.05, 0.1) is 12.1 Å². The van der Waals surface area contributed by atoms with Gasteiger partial charge in [0.25, 0.3) is 0 Å². The van der Waals surface area contributed by atoms with Crippen LogP contribution in [0.1, 0.15) is 16.7 Å². The van der Waals surface area contributed by atoms with E-state index in [9.17, 15) is 18.0 Å². The highest BCUT2D eigenvalue weighted by Gasteiger charge is 2.30. The number of nitrogens with zero attached hydrogens (tertiary/aromatic N) is 2. The molecule has 0 atom stereocenters. The number of aromatic nitrogens is 2. The molecule has 0 radical (unpaired) electrons. The molecule has 138 valence electrons. The molecule has 27 heavy (non-hydrogen) atoms. The number of amides is 1. The van der Waals surface area contributed by atoms with E-state index in [-0.39, 0.29) is 0 Å². The Bertz CT molecular complexity index is 930. The first-order chi connectivity index (χ1) is 12.9. The Kier molecular flexibility index (Phi) is 5.40. The number of hydrogen-bond donors (Lipinski definition) is 1. The molecule has 1 aromatic heterocycles. The topological polar surface area (TPSA) is 46.9 Å². The Morgan fingerprint density at radius 1 is 1.11 bits per heavy atom. The summed E-state index contributed by atoms with van der Waals surface area (Å²) in [6.45, 7) is 0.622. The number of benzene rings is 2.